The lowest BCUT2D eigenvalue weighted by atomic mass is 9.88. The average Bonchev–Trinajstić information content (AvgIpc) is 3.23. The summed E-state index contributed by atoms with van der Waals surface area (Å²) in [6, 6.07) is 8.08. The zero-order chi connectivity index (χ0) is 22.6. The molecular weight excluding hydrogens is 406 g/mol. The molecule has 1 amide bonds. The van der Waals surface area contributed by atoms with E-state index in [2.05, 4.69) is 29.3 Å². The van der Waals surface area contributed by atoms with E-state index in [-0.39, 0.29) is 43.0 Å². The molecule has 6 heteroatoms. The van der Waals surface area contributed by atoms with Crippen LogP contribution in [0.4, 0.5) is 0 Å². The molecule has 3 aliphatic rings. The highest BCUT2D eigenvalue weighted by Gasteiger charge is 2.42. The SMILES string of the molecule is CC(=O)N[C@H]1C[C@@H]2O[C@H](CO)CC[C@@H]2O[C@@H]1CCc1ccc(C#CC2(O)CCCC2)cc1. The number of fused-ring (bicyclic) bond motifs is 1. The summed E-state index contributed by atoms with van der Waals surface area (Å²) in [6.45, 7) is 1.56. The van der Waals surface area contributed by atoms with Gasteiger partial charge in [0.05, 0.1) is 37.1 Å². The Hall–Kier alpha value is -1.91. The molecule has 0 bridgehead atoms. The molecular formula is C26H35NO5. The molecule has 1 aromatic rings. The number of ether oxygens (including phenoxy) is 2. The van der Waals surface area contributed by atoms with Gasteiger partial charge in [-0.3, -0.25) is 4.79 Å². The number of rotatable bonds is 5. The molecule has 4 rings (SSSR count). The molecule has 0 radical (unpaired) electrons. The lowest BCUT2D eigenvalue weighted by Crippen LogP contribution is -2.57. The van der Waals surface area contributed by atoms with Gasteiger partial charge in [-0.25, -0.2) is 0 Å². The maximum absolute atomic E-state index is 11.8. The van der Waals surface area contributed by atoms with Gasteiger partial charge < -0.3 is 25.0 Å². The van der Waals surface area contributed by atoms with Crippen LogP contribution in [-0.4, -0.2) is 58.8 Å². The lowest BCUT2D eigenvalue weighted by molar-refractivity contribution is -0.202. The minimum absolute atomic E-state index is 0.0202. The summed E-state index contributed by atoms with van der Waals surface area (Å²) >= 11 is 0. The molecule has 2 saturated heterocycles. The second-order valence-corrected chi connectivity index (χ2v) is 9.54. The highest BCUT2D eigenvalue weighted by atomic mass is 16.6. The summed E-state index contributed by atoms with van der Waals surface area (Å²) < 4.78 is 12.4. The Morgan fingerprint density at radius 2 is 1.91 bits per heavy atom. The predicted molar refractivity (Wildman–Crippen MR) is 121 cm³/mol. The summed E-state index contributed by atoms with van der Waals surface area (Å²) in [5, 5.41) is 22.9. The molecule has 3 fully saturated rings. The van der Waals surface area contributed by atoms with Gasteiger partial charge in [-0.05, 0) is 75.5 Å². The Bertz CT molecular complexity index is 836. The van der Waals surface area contributed by atoms with Crippen molar-refractivity contribution in [1.29, 1.82) is 0 Å². The van der Waals surface area contributed by atoms with Crippen molar-refractivity contribution >= 4 is 5.91 Å². The molecule has 0 unspecified atom stereocenters. The van der Waals surface area contributed by atoms with E-state index in [9.17, 15) is 15.0 Å². The van der Waals surface area contributed by atoms with Crippen LogP contribution < -0.4 is 5.32 Å². The van der Waals surface area contributed by atoms with Crippen molar-refractivity contribution in [3.05, 3.63) is 35.4 Å². The third-order valence-electron chi connectivity index (χ3n) is 6.97. The first-order valence-corrected chi connectivity index (χ1v) is 12.0. The van der Waals surface area contributed by atoms with Crippen molar-refractivity contribution in [3.8, 4) is 11.8 Å². The first-order chi connectivity index (χ1) is 15.4. The van der Waals surface area contributed by atoms with Crippen LogP contribution in [0.1, 0.15) is 69.4 Å². The molecule has 0 aromatic heterocycles. The third-order valence-corrected chi connectivity index (χ3v) is 6.97. The molecule has 3 N–H and O–H groups in total. The number of aryl methyl sites for hydroxylation is 1. The highest BCUT2D eigenvalue weighted by Crippen LogP contribution is 2.33. The molecule has 1 aliphatic carbocycles. The van der Waals surface area contributed by atoms with E-state index >= 15 is 0 Å². The van der Waals surface area contributed by atoms with Crippen molar-refractivity contribution in [2.45, 2.75) is 101 Å². The summed E-state index contributed by atoms with van der Waals surface area (Å²) in [7, 11) is 0. The van der Waals surface area contributed by atoms with Crippen LogP contribution in [0, 0.1) is 11.8 Å². The Kier molecular flexibility index (Phi) is 7.52. The fourth-order valence-electron chi connectivity index (χ4n) is 5.18. The molecule has 0 spiro atoms. The van der Waals surface area contributed by atoms with Crippen LogP contribution in [-0.2, 0) is 20.7 Å². The number of aliphatic hydroxyl groups excluding tert-OH is 1. The highest BCUT2D eigenvalue weighted by molar-refractivity contribution is 5.73. The Labute approximate surface area is 190 Å². The summed E-state index contributed by atoms with van der Waals surface area (Å²) in [5.41, 5.74) is 1.30. The molecule has 1 saturated carbocycles. The molecule has 2 aliphatic heterocycles. The van der Waals surface area contributed by atoms with Gasteiger partial charge in [0.25, 0.3) is 0 Å². The zero-order valence-corrected chi connectivity index (χ0v) is 18.9. The van der Waals surface area contributed by atoms with Crippen LogP contribution in [0.25, 0.3) is 0 Å². The first kappa shape index (κ1) is 23.3. The fourth-order valence-corrected chi connectivity index (χ4v) is 5.18. The minimum Gasteiger partial charge on any atom is -0.394 e. The van der Waals surface area contributed by atoms with E-state index in [1.807, 2.05) is 12.1 Å². The number of carbonyl (C=O) groups excluding carboxylic acids is 1. The van der Waals surface area contributed by atoms with E-state index in [1.54, 1.807) is 0 Å². The number of carbonyl (C=O) groups is 1. The summed E-state index contributed by atoms with van der Waals surface area (Å²) in [4.78, 5) is 11.8. The van der Waals surface area contributed by atoms with E-state index in [4.69, 9.17) is 9.47 Å². The number of hydrogen-bond acceptors (Lipinski definition) is 5. The number of hydrogen-bond donors (Lipinski definition) is 3. The Morgan fingerprint density at radius 3 is 2.59 bits per heavy atom. The molecule has 1 aromatic carbocycles. The average molecular weight is 442 g/mol. The van der Waals surface area contributed by atoms with Crippen molar-refractivity contribution < 1.29 is 24.5 Å². The first-order valence-electron chi connectivity index (χ1n) is 12.0. The summed E-state index contributed by atoms with van der Waals surface area (Å²) in [6.07, 6.45) is 7.40. The molecule has 2 heterocycles. The van der Waals surface area contributed by atoms with Gasteiger partial charge in [0.2, 0.25) is 5.91 Å². The number of benzene rings is 1. The second-order valence-electron chi connectivity index (χ2n) is 9.54. The fraction of sp³-hybridized carbons (Fsp3) is 0.654. The van der Waals surface area contributed by atoms with E-state index < -0.39 is 5.60 Å². The van der Waals surface area contributed by atoms with E-state index in [0.717, 1.165) is 56.9 Å². The van der Waals surface area contributed by atoms with Crippen molar-refractivity contribution in [3.63, 3.8) is 0 Å². The Morgan fingerprint density at radius 1 is 1.16 bits per heavy atom. The second kappa shape index (κ2) is 10.4. The standard InChI is InChI=1S/C26H35NO5/c1-18(29)27-22-16-25-24(11-9-21(17-28)31-25)32-23(22)10-8-19-4-6-20(7-5-19)12-15-26(30)13-2-3-14-26/h4-7,21-25,28,30H,2-3,8-11,13-14,16-17H2,1H3,(H,27,29)/t21-,22-,23+,24-,25-/m0/s1. The molecule has 6 nitrogen and oxygen atoms in total. The van der Waals surface area contributed by atoms with Crippen molar-refractivity contribution in [1.82, 2.24) is 5.32 Å². The van der Waals surface area contributed by atoms with Gasteiger partial charge >= 0.3 is 0 Å². The van der Waals surface area contributed by atoms with Crippen LogP contribution >= 0.6 is 0 Å². The number of nitrogens with one attached hydrogen (secondary N) is 1. The molecule has 5 atom stereocenters. The third kappa shape index (κ3) is 5.90. The van der Waals surface area contributed by atoms with Crippen LogP contribution in [0.3, 0.4) is 0 Å². The van der Waals surface area contributed by atoms with Gasteiger partial charge in [0.15, 0.2) is 0 Å². The minimum atomic E-state index is -0.812. The monoisotopic (exact) mass is 441 g/mol. The van der Waals surface area contributed by atoms with Gasteiger partial charge in [-0.1, -0.05) is 24.0 Å². The lowest BCUT2D eigenvalue weighted by Gasteiger charge is -2.45. The molecule has 174 valence electrons. The van der Waals surface area contributed by atoms with Crippen molar-refractivity contribution in [2.75, 3.05) is 6.61 Å². The maximum atomic E-state index is 11.8. The van der Waals surface area contributed by atoms with Gasteiger partial charge in [0, 0.05) is 12.5 Å². The van der Waals surface area contributed by atoms with E-state index in [0.29, 0.717) is 6.42 Å². The van der Waals surface area contributed by atoms with Gasteiger partial charge in [0.1, 0.15) is 5.60 Å². The van der Waals surface area contributed by atoms with Crippen LogP contribution in [0.5, 0.6) is 0 Å². The van der Waals surface area contributed by atoms with Gasteiger partial charge in [-0.15, -0.1) is 0 Å². The Balaban J connectivity index is 1.35. The normalized spacial score (nSPS) is 31.3. The predicted octanol–water partition coefficient (Wildman–Crippen LogP) is 2.48. The number of amides is 1. The van der Waals surface area contributed by atoms with Gasteiger partial charge in [-0.2, -0.15) is 0 Å². The zero-order valence-electron chi connectivity index (χ0n) is 18.9. The number of aliphatic hydroxyl groups is 2. The largest absolute Gasteiger partial charge is 0.394 e. The molecule has 32 heavy (non-hydrogen) atoms. The summed E-state index contributed by atoms with van der Waals surface area (Å²) in [5.74, 6) is 6.11. The smallest absolute Gasteiger partial charge is 0.217 e. The topological polar surface area (TPSA) is 88.0 Å². The maximum Gasteiger partial charge on any atom is 0.217 e. The van der Waals surface area contributed by atoms with Crippen molar-refractivity contribution in [2.24, 2.45) is 0 Å². The van der Waals surface area contributed by atoms with E-state index in [1.165, 1.54) is 12.5 Å². The van der Waals surface area contributed by atoms with Crippen LogP contribution in [0.2, 0.25) is 0 Å². The van der Waals surface area contributed by atoms with Crippen LogP contribution in [0.15, 0.2) is 24.3 Å². The quantitative estimate of drug-likeness (QED) is 0.611.